The minimum atomic E-state index is -0.371. The van der Waals surface area contributed by atoms with Gasteiger partial charge >= 0.3 is 0 Å². The van der Waals surface area contributed by atoms with E-state index in [2.05, 4.69) is 26.2 Å². The number of aromatic nitrogens is 2. The zero-order chi connectivity index (χ0) is 19.0. The predicted molar refractivity (Wildman–Crippen MR) is 101 cm³/mol. The Morgan fingerprint density at radius 3 is 2.74 bits per heavy atom. The van der Waals surface area contributed by atoms with Crippen molar-refractivity contribution in [3.63, 3.8) is 0 Å². The second-order valence-corrected chi connectivity index (χ2v) is 7.09. The van der Waals surface area contributed by atoms with Gasteiger partial charge in [-0.25, -0.2) is 4.98 Å². The molecule has 4 rings (SSSR count). The number of benzene rings is 1. The van der Waals surface area contributed by atoms with E-state index < -0.39 is 0 Å². The highest BCUT2D eigenvalue weighted by Crippen LogP contribution is 2.26. The first-order valence-corrected chi connectivity index (χ1v) is 9.17. The predicted octanol–water partition coefficient (Wildman–Crippen LogP) is 2.40. The SMILES string of the molecule is O=C(CCN1C(=O)c2ccc(Br)cc2C1=O)NCc1cn2ccccc2n1. The van der Waals surface area contributed by atoms with E-state index in [4.69, 9.17) is 0 Å². The normalized spacial score (nSPS) is 13.3. The Labute approximate surface area is 163 Å². The summed E-state index contributed by atoms with van der Waals surface area (Å²) in [5.41, 5.74) is 2.27. The van der Waals surface area contributed by atoms with Crippen LogP contribution in [0.15, 0.2) is 53.3 Å². The van der Waals surface area contributed by atoms with Crippen molar-refractivity contribution in [1.29, 1.82) is 0 Å². The molecule has 1 N–H and O–H groups in total. The van der Waals surface area contributed by atoms with Crippen molar-refractivity contribution < 1.29 is 14.4 Å². The number of amides is 3. The summed E-state index contributed by atoms with van der Waals surface area (Å²) in [6.07, 6.45) is 3.77. The number of rotatable bonds is 5. The zero-order valence-electron chi connectivity index (χ0n) is 14.2. The largest absolute Gasteiger partial charge is 0.350 e. The van der Waals surface area contributed by atoms with E-state index in [1.807, 2.05) is 35.0 Å². The summed E-state index contributed by atoms with van der Waals surface area (Å²) in [4.78, 5) is 42.4. The molecule has 0 bridgehead atoms. The van der Waals surface area contributed by atoms with Crippen LogP contribution in [0, 0.1) is 0 Å². The third-order valence-corrected chi connectivity index (χ3v) is 4.87. The van der Waals surface area contributed by atoms with Crippen molar-refractivity contribution in [2.24, 2.45) is 0 Å². The fourth-order valence-electron chi connectivity index (χ4n) is 3.03. The Morgan fingerprint density at radius 2 is 1.93 bits per heavy atom. The number of hydrogen-bond acceptors (Lipinski definition) is 4. The molecule has 0 radical (unpaired) electrons. The maximum Gasteiger partial charge on any atom is 0.261 e. The van der Waals surface area contributed by atoms with Gasteiger partial charge in [0.2, 0.25) is 5.91 Å². The van der Waals surface area contributed by atoms with Crippen LogP contribution < -0.4 is 5.32 Å². The maximum atomic E-state index is 12.4. The summed E-state index contributed by atoms with van der Waals surface area (Å²) in [5.74, 6) is -0.982. The number of nitrogens with zero attached hydrogens (tertiary/aromatic N) is 3. The van der Waals surface area contributed by atoms with Crippen molar-refractivity contribution in [2.75, 3.05) is 6.54 Å². The number of carbonyl (C=O) groups is 3. The first-order chi connectivity index (χ1) is 13.0. The lowest BCUT2D eigenvalue weighted by molar-refractivity contribution is -0.121. The topological polar surface area (TPSA) is 83.8 Å². The minimum Gasteiger partial charge on any atom is -0.350 e. The van der Waals surface area contributed by atoms with Crippen molar-refractivity contribution in [3.8, 4) is 0 Å². The third-order valence-electron chi connectivity index (χ3n) is 4.38. The van der Waals surface area contributed by atoms with Gasteiger partial charge in [-0.1, -0.05) is 22.0 Å². The summed E-state index contributed by atoms with van der Waals surface area (Å²) in [6.45, 7) is 0.330. The third kappa shape index (κ3) is 3.35. The van der Waals surface area contributed by atoms with Crippen molar-refractivity contribution >= 4 is 39.3 Å². The molecule has 2 aromatic heterocycles. The second-order valence-electron chi connectivity index (χ2n) is 6.18. The monoisotopic (exact) mass is 426 g/mol. The fraction of sp³-hybridized carbons (Fsp3) is 0.158. The molecule has 0 atom stereocenters. The summed E-state index contributed by atoms with van der Waals surface area (Å²) in [7, 11) is 0. The average molecular weight is 427 g/mol. The standard InChI is InChI=1S/C19H15BrN4O3/c20-12-4-5-14-15(9-12)19(27)24(18(14)26)8-6-17(25)21-10-13-11-23-7-2-1-3-16(23)22-13/h1-5,7,9,11H,6,8,10H2,(H,21,25). The molecule has 3 amide bonds. The Kier molecular flexibility index (Phi) is 4.49. The molecule has 1 aromatic carbocycles. The molecule has 1 aliphatic rings. The van der Waals surface area contributed by atoms with Crippen LogP contribution in [0.3, 0.4) is 0 Å². The van der Waals surface area contributed by atoms with E-state index in [1.165, 1.54) is 0 Å². The number of imide groups is 1. The van der Waals surface area contributed by atoms with Crippen LogP contribution in [-0.2, 0) is 11.3 Å². The van der Waals surface area contributed by atoms with Gasteiger partial charge in [-0.3, -0.25) is 19.3 Å². The van der Waals surface area contributed by atoms with E-state index in [1.54, 1.807) is 18.2 Å². The maximum absolute atomic E-state index is 12.4. The molecular weight excluding hydrogens is 412 g/mol. The van der Waals surface area contributed by atoms with Crippen LogP contribution >= 0.6 is 15.9 Å². The van der Waals surface area contributed by atoms with E-state index in [9.17, 15) is 14.4 Å². The van der Waals surface area contributed by atoms with Crippen LogP contribution in [0.4, 0.5) is 0 Å². The molecule has 3 heterocycles. The molecule has 0 unspecified atom stereocenters. The quantitative estimate of drug-likeness (QED) is 0.634. The molecule has 0 saturated heterocycles. The summed E-state index contributed by atoms with van der Waals surface area (Å²) in [6, 6.07) is 10.6. The summed E-state index contributed by atoms with van der Waals surface area (Å²) >= 11 is 3.30. The van der Waals surface area contributed by atoms with Gasteiger partial charge in [-0.05, 0) is 30.3 Å². The van der Waals surface area contributed by atoms with Gasteiger partial charge in [0.25, 0.3) is 11.8 Å². The molecule has 3 aromatic rings. The second kappa shape index (κ2) is 6.96. The van der Waals surface area contributed by atoms with E-state index in [0.29, 0.717) is 11.1 Å². The summed E-state index contributed by atoms with van der Waals surface area (Å²) in [5, 5.41) is 2.77. The van der Waals surface area contributed by atoms with Crippen molar-refractivity contribution in [3.05, 3.63) is 70.1 Å². The smallest absolute Gasteiger partial charge is 0.261 e. The highest BCUT2D eigenvalue weighted by atomic mass is 79.9. The van der Waals surface area contributed by atoms with Gasteiger partial charge in [-0.2, -0.15) is 0 Å². The van der Waals surface area contributed by atoms with Crippen LogP contribution in [0.2, 0.25) is 0 Å². The lowest BCUT2D eigenvalue weighted by Crippen LogP contribution is -2.34. The van der Waals surface area contributed by atoms with Gasteiger partial charge in [0, 0.05) is 29.8 Å². The van der Waals surface area contributed by atoms with E-state index in [0.717, 1.165) is 20.7 Å². The average Bonchev–Trinajstić information content (AvgIpc) is 3.18. The molecular formula is C19H15BrN4O3. The number of fused-ring (bicyclic) bond motifs is 2. The number of halogens is 1. The number of nitrogens with one attached hydrogen (secondary N) is 1. The van der Waals surface area contributed by atoms with Crippen LogP contribution in [0.25, 0.3) is 5.65 Å². The van der Waals surface area contributed by atoms with Gasteiger partial charge in [0.05, 0.1) is 23.4 Å². The minimum absolute atomic E-state index is 0.0417. The molecule has 7 nitrogen and oxygen atoms in total. The molecule has 0 saturated carbocycles. The number of imidazole rings is 1. The summed E-state index contributed by atoms with van der Waals surface area (Å²) < 4.78 is 2.60. The van der Waals surface area contributed by atoms with Crippen LogP contribution in [0.5, 0.6) is 0 Å². The molecule has 0 spiro atoms. The first kappa shape index (κ1) is 17.4. The molecule has 8 heteroatoms. The molecule has 0 aliphatic carbocycles. The van der Waals surface area contributed by atoms with Crippen LogP contribution in [0.1, 0.15) is 32.8 Å². The van der Waals surface area contributed by atoms with Crippen molar-refractivity contribution in [1.82, 2.24) is 19.6 Å². The highest BCUT2D eigenvalue weighted by Gasteiger charge is 2.35. The zero-order valence-corrected chi connectivity index (χ0v) is 15.8. The Hall–Kier alpha value is -3.00. The van der Waals surface area contributed by atoms with Crippen LogP contribution in [-0.4, -0.2) is 38.6 Å². The molecule has 0 fully saturated rings. The Balaban J connectivity index is 1.34. The fourth-order valence-corrected chi connectivity index (χ4v) is 3.39. The first-order valence-electron chi connectivity index (χ1n) is 8.38. The van der Waals surface area contributed by atoms with E-state index >= 15 is 0 Å². The Morgan fingerprint density at radius 1 is 1.11 bits per heavy atom. The number of carbonyl (C=O) groups excluding carboxylic acids is 3. The van der Waals surface area contributed by atoms with Gasteiger partial charge in [0.15, 0.2) is 0 Å². The number of hydrogen-bond donors (Lipinski definition) is 1. The molecule has 136 valence electrons. The highest BCUT2D eigenvalue weighted by molar-refractivity contribution is 9.10. The van der Waals surface area contributed by atoms with E-state index in [-0.39, 0.29) is 37.2 Å². The lowest BCUT2D eigenvalue weighted by atomic mass is 10.1. The molecule has 27 heavy (non-hydrogen) atoms. The lowest BCUT2D eigenvalue weighted by Gasteiger charge is -2.13. The van der Waals surface area contributed by atoms with Gasteiger partial charge < -0.3 is 9.72 Å². The number of pyridine rings is 1. The Bertz CT molecular complexity index is 1040. The molecule has 1 aliphatic heterocycles. The van der Waals surface area contributed by atoms with Crippen molar-refractivity contribution in [2.45, 2.75) is 13.0 Å². The van der Waals surface area contributed by atoms with Gasteiger partial charge in [-0.15, -0.1) is 0 Å². The van der Waals surface area contributed by atoms with Gasteiger partial charge in [0.1, 0.15) is 5.65 Å².